The summed E-state index contributed by atoms with van der Waals surface area (Å²) >= 11 is 0. The molecule has 0 amide bonds. The molecule has 0 spiro atoms. The summed E-state index contributed by atoms with van der Waals surface area (Å²) in [6, 6.07) is 9.51. The molecule has 1 atom stereocenters. The Balaban J connectivity index is 1.79. The molecule has 3 heterocycles. The Bertz CT molecular complexity index is 1410. The van der Waals surface area contributed by atoms with Gasteiger partial charge in [0.05, 0.1) is 17.2 Å². The molecule has 0 aliphatic rings. The normalized spacial score (nSPS) is 12.4. The number of nitrogen functional groups attached to an aromatic ring is 1. The van der Waals surface area contributed by atoms with Crippen LogP contribution >= 0.6 is 0 Å². The number of aromatic amines is 1. The third-order valence-corrected chi connectivity index (χ3v) is 5.14. The van der Waals surface area contributed by atoms with Crippen LogP contribution in [-0.2, 0) is 6.18 Å². The van der Waals surface area contributed by atoms with Crippen molar-refractivity contribution in [1.82, 2.24) is 20.1 Å². The summed E-state index contributed by atoms with van der Waals surface area (Å²) in [6.07, 6.45) is -2.92. The van der Waals surface area contributed by atoms with Crippen LogP contribution in [0.25, 0.3) is 22.4 Å². The molecular formula is C22H15F4N7O. The van der Waals surface area contributed by atoms with Crippen molar-refractivity contribution in [2.45, 2.75) is 19.0 Å². The Kier molecular flexibility index (Phi) is 5.62. The van der Waals surface area contributed by atoms with Gasteiger partial charge in [0, 0.05) is 40.8 Å². The van der Waals surface area contributed by atoms with Gasteiger partial charge in [0.25, 0.3) is 0 Å². The van der Waals surface area contributed by atoms with Gasteiger partial charge < -0.3 is 15.2 Å². The Morgan fingerprint density at radius 1 is 1.24 bits per heavy atom. The molecule has 4 aromatic rings. The van der Waals surface area contributed by atoms with Crippen LogP contribution in [0.1, 0.15) is 41.4 Å². The standard InChI is InChI=1S/C22H15F4N7O/c1-10(16-6-15(33-34-16)12-4-2-3-5-14(12)23)18-13(7-27)17(19(32-18)20(28)29)11-8-30-21(31-9-11)22(24,25)26/h2-6,8-10,32H,1H3,(H3,28,29). The molecule has 172 valence electrons. The van der Waals surface area contributed by atoms with Crippen molar-refractivity contribution in [2.75, 3.05) is 0 Å². The Morgan fingerprint density at radius 2 is 1.91 bits per heavy atom. The largest absolute Gasteiger partial charge is 0.451 e. The summed E-state index contributed by atoms with van der Waals surface area (Å²) in [5, 5.41) is 21.6. The number of nitrogens with one attached hydrogen (secondary N) is 2. The van der Waals surface area contributed by atoms with Crippen LogP contribution in [0.5, 0.6) is 0 Å². The highest BCUT2D eigenvalue weighted by Crippen LogP contribution is 2.37. The molecule has 0 bridgehead atoms. The second-order valence-corrected chi connectivity index (χ2v) is 7.30. The number of amidine groups is 1. The molecule has 8 nitrogen and oxygen atoms in total. The Hall–Kier alpha value is -4.53. The van der Waals surface area contributed by atoms with Crippen molar-refractivity contribution in [3.8, 4) is 28.5 Å². The molecule has 3 aromatic heterocycles. The van der Waals surface area contributed by atoms with E-state index < -0.39 is 29.6 Å². The van der Waals surface area contributed by atoms with Crippen molar-refractivity contribution < 1.29 is 22.1 Å². The second kappa shape index (κ2) is 8.43. The first kappa shape index (κ1) is 22.7. The average molecular weight is 469 g/mol. The molecule has 4 rings (SSSR count). The van der Waals surface area contributed by atoms with Gasteiger partial charge in [0.2, 0.25) is 5.82 Å². The minimum absolute atomic E-state index is 0.00982. The highest BCUT2D eigenvalue weighted by molar-refractivity contribution is 6.01. The number of nitrogens with two attached hydrogens (primary N) is 1. The average Bonchev–Trinajstić information content (AvgIpc) is 3.44. The van der Waals surface area contributed by atoms with Crippen LogP contribution < -0.4 is 5.73 Å². The SMILES string of the molecule is CC(c1cc(-c2ccccc2F)no1)c1[nH]c(C(=N)N)c(-c2cnc(C(F)(F)F)nc2)c1C#N. The lowest BCUT2D eigenvalue weighted by Crippen LogP contribution is -2.14. The molecule has 12 heteroatoms. The van der Waals surface area contributed by atoms with E-state index in [-0.39, 0.29) is 45.1 Å². The monoisotopic (exact) mass is 469 g/mol. The van der Waals surface area contributed by atoms with E-state index in [9.17, 15) is 22.8 Å². The third-order valence-electron chi connectivity index (χ3n) is 5.14. The van der Waals surface area contributed by atoms with E-state index >= 15 is 0 Å². The molecule has 0 radical (unpaired) electrons. The van der Waals surface area contributed by atoms with Crippen molar-refractivity contribution >= 4 is 5.84 Å². The first-order chi connectivity index (χ1) is 16.1. The zero-order valence-corrected chi connectivity index (χ0v) is 17.4. The van der Waals surface area contributed by atoms with Gasteiger partial charge in [-0.1, -0.05) is 17.3 Å². The molecular weight excluding hydrogens is 454 g/mol. The smallest absolute Gasteiger partial charge is 0.382 e. The minimum Gasteiger partial charge on any atom is -0.382 e. The lowest BCUT2D eigenvalue weighted by Gasteiger charge is -2.07. The number of aromatic nitrogens is 4. The van der Waals surface area contributed by atoms with Crippen molar-refractivity contribution in [3.63, 3.8) is 0 Å². The van der Waals surface area contributed by atoms with Crippen LogP contribution in [0.3, 0.4) is 0 Å². The zero-order valence-electron chi connectivity index (χ0n) is 17.4. The third kappa shape index (κ3) is 3.99. The van der Waals surface area contributed by atoms with E-state index in [0.29, 0.717) is 0 Å². The number of nitriles is 1. The topological polar surface area (TPSA) is 141 Å². The lowest BCUT2D eigenvalue weighted by atomic mass is 9.96. The quantitative estimate of drug-likeness (QED) is 0.222. The van der Waals surface area contributed by atoms with E-state index in [2.05, 4.69) is 20.1 Å². The maximum atomic E-state index is 14.1. The highest BCUT2D eigenvalue weighted by atomic mass is 19.4. The molecule has 1 unspecified atom stereocenters. The lowest BCUT2D eigenvalue weighted by molar-refractivity contribution is -0.144. The van der Waals surface area contributed by atoms with Crippen LogP contribution in [0.15, 0.2) is 47.2 Å². The predicted molar refractivity (Wildman–Crippen MR) is 112 cm³/mol. The molecule has 0 aliphatic carbocycles. The zero-order chi connectivity index (χ0) is 24.6. The fourth-order valence-electron chi connectivity index (χ4n) is 3.49. The number of nitrogens with zero attached hydrogens (tertiary/aromatic N) is 4. The van der Waals surface area contributed by atoms with Crippen LogP contribution in [0.2, 0.25) is 0 Å². The van der Waals surface area contributed by atoms with Crippen molar-refractivity contribution in [1.29, 1.82) is 10.7 Å². The molecule has 0 aliphatic heterocycles. The Labute approximate surface area is 189 Å². The van der Waals surface area contributed by atoms with Gasteiger partial charge in [-0.2, -0.15) is 18.4 Å². The summed E-state index contributed by atoms with van der Waals surface area (Å²) in [5.74, 6) is -2.64. The molecule has 1 aromatic carbocycles. The maximum Gasteiger partial charge on any atom is 0.451 e. The fraction of sp³-hybridized carbons (Fsp3) is 0.136. The second-order valence-electron chi connectivity index (χ2n) is 7.30. The fourth-order valence-corrected chi connectivity index (χ4v) is 3.49. The number of rotatable bonds is 5. The van der Waals surface area contributed by atoms with Gasteiger partial charge >= 0.3 is 6.18 Å². The summed E-state index contributed by atoms with van der Waals surface area (Å²) in [4.78, 5) is 9.54. The first-order valence-corrected chi connectivity index (χ1v) is 9.73. The van der Waals surface area contributed by atoms with Crippen LogP contribution in [-0.4, -0.2) is 25.9 Å². The number of hydrogen-bond acceptors (Lipinski definition) is 6. The van der Waals surface area contributed by atoms with Gasteiger partial charge in [-0.05, 0) is 19.1 Å². The number of alkyl halides is 3. The summed E-state index contributed by atoms with van der Waals surface area (Å²) in [7, 11) is 0. The molecule has 34 heavy (non-hydrogen) atoms. The van der Waals surface area contributed by atoms with Crippen LogP contribution in [0.4, 0.5) is 17.6 Å². The van der Waals surface area contributed by atoms with E-state index in [1.54, 1.807) is 13.0 Å². The summed E-state index contributed by atoms with van der Waals surface area (Å²) < 4.78 is 58.0. The van der Waals surface area contributed by atoms with Crippen molar-refractivity contribution in [3.05, 3.63) is 77.1 Å². The van der Waals surface area contributed by atoms with Gasteiger partial charge in [-0.15, -0.1) is 0 Å². The van der Waals surface area contributed by atoms with Crippen molar-refractivity contribution in [2.24, 2.45) is 5.73 Å². The van der Waals surface area contributed by atoms with E-state index in [1.807, 2.05) is 6.07 Å². The van der Waals surface area contributed by atoms with Gasteiger partial charge in [-0.3, -0.25) is 5.41 Å². The molecule has 4 N–H and O–H groups in total. The highest BCUT2D eigenvalue weighted by Gasteiger charge is 2.35. The van der Waals surface area contributed by atoms with Gasteiger partial charge in [0.1, 0.15) is 29.2 Å². The number of hydrogen-bond donors (Lipinski definition) is 3. The van der Waals surface area contributed by atoms with E-state index in [4.69, 9.17) is 15.7 Å². The molecule has 0 fully saturated rings. The van der Waals surface area contributed by atoms with Crippen LogP contribution in [0, 0.1) is 22.6 Å². The van der Waals surface area contributed by atoms with E-state index in [1.165, 1.54) is 24.3 Å². The van der Waals surface area contributed by atoms with E-state index in [0.717, 1.165) is 12.4 Å². The first-order valence-electron chi connectivity index (χ1n) is 9.73. The summed E-state index contributed by atoms with van der Waals surface area (Å²) in [5.41, 5.74) is 6.59. The predicted octanol–water partition coefficient (Wildman–Crippen LogP) is 4.59. The number of halogens is 4. The Morgan fingerprint density at radius 3 is 2.50 bits per heavy atom. The molecule has 0 saturated heterocycles. The van der Waals surface area contributed by atoms with Gasteiger partial charge in [0.15, 0.2) is 0 Å². The number of benzene rings is 1. The van der Waals surface area contributed by atoms with Gasteiger partial charge in [-0.25, -0.2) is 14.4 Å². The maximum absolute atomic E-state index is 14.1. The molecule has 0 saturated carbocycles. The number of H-pyrrole nitrogens is 1. The summed E-state index contributed by atoms with van der Waals surface area (Å²) in [6.45, 7) is 1.68. The minimum atomic E-state index is -4.74.